The van der Waals surface area contributed by atoms with Crippen LogP contribution >= 0.6 is 23.2 Å². The Morgan fingerprint density at radius 1 is 1.18 bits per heavy atom. The minimum absolute atomic E-state index is 0.0463. The van der Waals surface area contributed by atoms with E-state index in [2.05, 4.69) is 4.98 Å². The van der Waals surface area contributed by atoms with Gasteiger partial charge in [0.05, 0.1) is 29.3 Å². The van der Waals surface area contributed by atoms with E-state index in [-0.39, 0.29) is 33.5 Å². The number of hydrogen-bond acceptors (Lipinski definition) is 5. The molecule has 1 aliphatic rings. The summed E-state index contributed by atoms with van der Waals surface area (Å²) in [6, 6.07) is 10.6. The van der Waals surface area contributed by atoms with E-state index in [0.717, 1.165) is 0 Å². The summed E-state index contributed by atoms with van der Waals surface area (Å²) in [5.41, 5.74) is 0.983. The van der Waals surface area contributed by atoms with E-state index in [1.165, 1.54) is 48.4 Å². The molecule has 4 rings (SSSR count). The number of aromatic nitrogens is 1. The first-order valence-electron chi connectivity index (χ1n) is 9.78. The second kappa shape index (κ2) is 9.21. The van der Waals surface area contributed by atoms with Gasteiger partial charge in [0, 0.05) is 24.0 Å². The van der Waals surface area contributed by atoms with Gasteiger partial charge in [-0.3, -0.25) is 14.6 Å². The van der Waals surface area contributed by atoms with E-state index in [4.69, 9.17) is 27.9 Å². The van der Waals surface area contributed by atoms with Crippen molar-refractivity contribution in [1.29, 1.82) is 0 Å². The third-order valence-electron chi connectivity index (χ3n) is 5.27. The molecule has 0 aliphatic carbocycles. The van der Waals surface area contributed by atoms with Crippen LogP contribution in [-0.4, -0.2) is 33.8 Å². The van der Waals surface area contributed by atoms with Gasteiger partial charge in [0.15, 0.2) is 0 Å². The molecule has 0 radical (unpaired) electrons. The molecule has 0 saturated carbocycles. The molecule has 1 saturated heterocycles. The Morgan fingerprint density at radius 3 is 2.55 bits per heavy atom. The molecule has 0 spiro atoms. The van der Waals surface area contributed by atoms with Gasteiger partial charge in [-0.25, -0.2) is 4.39 Å². The van der Waals surface area contributed by atoms with Gasteiger partial charge in [-0.15, -0.1) is 0 Å². The first kappa shape index (κ1) is 22.8. The Kier molecular flexibility index (Phi) is 6.35. The number of Topliss-reactive ketones (excluding diaryl/α,β-unsaturated/α-hetero) is 1. The molecule has 0 bridgehead atoms. The second-order valence-corrected chi connectivity index (χ2v) is 8.15. The number of methoxy groups -OCH3 is 1. The fraction of sp³-hybridized carbons (Fsp3) is 0.125. The smallest absolute Gasteiger partial charge is 0.295 e. The lowest BCUT2D eigenvalue weighted by Crippen LogP contribution is -2.29. The van der Waals surface area contributed by atoms with E-state index in [9.17, 15) is 19.1 Å². The summed E-state index contributed by atoms with van der Waals surface area (Å²) in [5.74, 6) is -2.61. The average Bonchev–Trinajstić information content (AvgIpc) is 3.04. The van der Waals surface area contributed by atoms with Crippen LogP contribution in [0.3, 0.4) is 0 Å². The van der Waals surface area contributed by atoms with Crippen LogP contribution < -0.4 is 4.74 Å². The maximum absolute atomic E-state index is 13.6. The standard InChI is InChI=1S/C24H17Cl2FN2O4/c1-33-23-17(9-15(25)10-18(23)26)21(30)19-20(14-4-6-16(27)7-5-14)29(24(32)22(19)31)12-13-3-2-8-28-11-13/h2-11,20,30H,12H2,1H3/b21-19+. The van der Waals surface area contributed by atoms with Crippen molar-refractivity contribution in [2.24, 2.45) is 0 Å². The molecule has 2 aromatic carbocycles. The Balaban J connectivity index is 1.93. The molecular weight excluding hydrogens is 470 g/mol. The highest BCUT2D eigenvalue weighted by atomic mass is 35.5. The summed E-state index contributed by atoms with van der Waals surface area (Å²) in [6.07, 6.45) is 3.16. The van der Waals surface area contributed by atoms with Gasteiger partial charge in [0.25, 0.3) is 11.7 Å². The number of ketones is 1. The molecule has 1 aliphatic heterocycles. The number of nitrogens with zero attached hydrogens (tertiary/aromatic N) is 2. The Bertz CT molecular complexity index is 1260. The Labute approximate surface area is 198 Å². The predicted molar refractivity (Wildman–Crippen MR) is 121 cm³/mol. The van der Waals surface area contributed by atoms with E-state index in [0.29, 0.717) is 11.1 Å². The molecule has 3 aromatic rings. The highest BCUT2D eigenvalue weighted by Gasteiger charge is 2.46. The number of pyridine rings is 1. The van der Waals surface area contributed by atoms with Crippen LogP contribution in [-0.2, 0) is 16.1 Å². The number of aliphatic hydroxyl groups is 1. The molecule has 9 heteroatoms. The SMILES string of the molecule is COc1c(Cl)cc(Cl)cc1/C(O)=C1\C(=O)C(=O)N(Cc2cccnc2)C1c1ccc(F)cc1. The Hall–Kier alpha value is -3.42. The number of amides is 1. The molecule has 168 valence electrons. The van der Waals surface area contributed by atoms with E-state index in [1.807, 2.05) is 0 Å². The number of aliphatic hydroxyl groups excluding tert-OH is 1. The van der Waals surface area contributed by atoms with E-state index >= 15 is 0 Å². The van der Waals surface area contributed by atoms with Gasteiger partial charge >= 0.3 is 0 Å². The second-order valence-electron chi connectivity index (χ2n) is 7.31. The van der Waals surface area contributed by atoms with Gasteiger partial charge in [-0.2, -0.15) is 0 Å². The normalized spacial score (nSPS) is 17.5. The van der Waals surface area contributed by atoms with Crippen molar-refractivity contribution in [3.63, 3.8) is 0 Å². The summed E-state index contributed by atoms with van der Waals surface area (Å²) in [5, 5.41) is 11.6. The van der Waals surface area contributed by atoms with Crippen LogP contribution in [0.15, 0.2) is 66.5 Å². The van der Waals surface area contributed by atoms with Crippen molar-refractivity contribution < 1.29 is 23.8 Å². The zero-order valence-electron chi connectivity index (χ0n) is 17.3. The number of carbonyl (C=O) groups excluding carboxylic acids is 2. The zero-order chi connectivity index (χ0) is 23.7. The molecular formula is C24H17Cl2FN2O4. The van der Waals surface area contributed by atoms with Crippen LogP contribution in [0.4, 0.5) is 4.39 Å². The number of benzene rings is 2. The molecule has 1 amide bonds. The third-order valence-corrected chi connectivity index (χ3v) is 5.77. The van der Waals surface area contributed by atoms with Gasteiger partial charge in [0.1, 0.15) is 17.3 Å². The molecule has 1 N–H and O–H groups in total. The lowest BCUT2D eigenvalue weighted by molar-refractivity contribution is -0.140. The monoisotopic (exact) mass is 486 g/mol. The van der Waals surface area contributed by atoms with Crippen molar-refractivity contribution in [2.75, 3.05) is 7.11 Å². The van der Waals surface area contributed by atoms with Crippen LogP contribution in [0.2, 0.25) is 10.0 Å². The maximum Gasteiger partial charge on any atom is 0.295 e. The summed E-state index contributed by atoms with van der Waals surface area (Å²) in [6.45, 7) is 0.0463. The average molecular weight is 487 g/mol. The number of likely N-dealkylation sites (tertiary alicyclic amines) is 1. The largest absolute Gasteiger partial charge is 0.507 e. The van der Waals surface area contributed by atoms with E-state index < -0.39 is 29.3 Å². The maximum atomic E-state index is 13.6. The summed E-state index contributed by atoms with van der Waals surface area (Å²) < 4.78 is 18.9. The minimum atomic E-state index is -0.992. The topological polar surface area (TPSA) is 79.7 Å². The van der Waals surface area contributed by atoms with Crippen molar-refractivity contribution in [3.05, 3.63) is 99.1 Å². The van der Waals surface area contributed by atoms with Gasteiger partial charge in [-0.05, 0) is 41.5 Å². The zero-order valence-corrected chi connectivity index (χ0v) is 18.8. The van der Waals surface area contributed by atoms with Gasteiger partial charge in [0.2, 0.25) is 0 Å². The summed E-state index contributed by atoms with van der Waals surface area (Å²) >= 11 is 12.3. The van der Waals surface area contributed by atoms with Gasteiger partial charge in [-0.1, -0.05) is 41.4 Å². The molecule has 1 unspecified atom stereocenters. The van der Waals surface area contributed by atoms with Crippen LogP contribution in [0, 0.1) is 5.82 Å². The van der Waals surface area contributed by atoms with Crippen LogP contribution in [0.5, 0.6) is 5.75 Å². The van der Waals surface area contributed by atoms with E-state index in [1.54, 1.807) is 24.5 Å². The van der Waals surface area contributed by atoms with Gasteiger partial charge < -0.3 is 14.7 Å². The number of rotatable bonds is 5. The highest BCUT2D eigenvalue weighted by molar-refractivity contribution is 6.46. The number of ether oxygens (including phenoxy) is 1. The first-order valence-corrected chi connectivity index (χ1v) is 10.5. The molecule has 1 atom stereocenters. The molecule has 1 aromatic heterocycles. The quantitative estimate of drug-likeness (QED) is 0.306. The fourth-order valence-corrected chi connectivity index (χ4v) is 4.38. The molecule has 2 heterocycles. The Morgan fingerprint density at radius 2 is 1.91 bits per heavy atom. The molecule has 1 fully saturated rings. The van der Waals surface area contributed by atoms with Crippen molar-refractivity contribution in [1.82, 2.24) is 9.88 Å². The van der Waals surface area contributed by atoms with Crippen molar-refractivity contribution >= 4 is 40.7 Å². The number of hydrogen-bond donors (Lipinski definition) is 1. The number of carbonyl (C=O) groups is 2. The fourth-order valence-electron chi connectivity index (χ4n) is 3.81. The first-order chi connectivity index (χ1) is 15.8. The highest BCUT2D eigenvalue weighted by Crippen LogP contribution is 2.43. The molecule has 6 nitrogen and oxygen atoms in total. The van der Waals surface area contributed by atoms with Crippen LogP contribution in [0.1, 0.15) is 22.7 Å². The van der Waals surface area contributed by atoms with Crippen LogP contribution in [0.25, 0.3) is 5.76 Å². The predicted octanol–water partition coefficient (Wildman–Crippen LogP) is 5.16. The van der Waals surface area contributed by atoms with Crippen molar-refractivity contribution in [2.45, 2.75) is 12.6 Å². The third kappa shape index (κ3) is 4.29. The summed E-state index contributed by atoms with van der Waals surface area (Å²) in [7, 11) is 1.35. The molecule has 33 heavy (non-hydrogen) atoms. The summed E-state index contributed by atoms with van der Waals surface area (Å²) in [4.78, 5) is 31.5. The minimum Gasteiger partial charge on any atom is -0.507 e. The van der Waals surface area contributed by atoms with Crippen molar-refractivity contribution in [3.8, 4) is 5.75 Å². The lowest BCUT2D eigenvalue weighted by Gasteiger charge is -2.25. The number of halogens is 3. The lowest BCUT2D eigenvalue weighted by atomic mass is 9.95.